The largest absolute Gasteiger partial charge is 0.409 e. The maximum absolute atomic E-state index is 8.93. The van der Waals surface area contributed by atoms with Crippen molar-refractivity contribution in [1.82, 2.24) is 0 Å². The molecule has 1 aliphatic rings. The first-order valence-electron chi connectivity index (χ1n) is 6.68. The van der Waals surface area contributed by atoms with Crippen molar-refractivity contribution in [3.05, 3.63) is 28.2 Å². The van der Waals surface area contributed by atoms with Gasteiger partial charge in [-0.25, -0.2) is 0 Å². The summed E-state index contributed by atoms with van der Waals surface area (Å²) in [5.74, 6) is 0.896. The van der Waals surface area contributed by atoms with Gasteiger partial charge in [0.2, 0.25) is 0 Å². The third kappa shape index (κ3) is 3.21. The lowest BCUT2D eigenvalue weighted by Gasteiger charge is -2.35. The predicted molar refractivity (Wildman–Crippen MR) is 81.9 cm³/mol. The van der Waals surface area contributed by atoms with E-state index in [1.54, 1.807) is 0 Å². The highest BCUT2D eigenvalue weighted by Gasteiger charge is 2.21. The molecule has 4 nitrogen and oxygen atoms in total. The zero-order valence-corrected chi connectivity index (χ0v) is 12.7. The van der Waals surface area contributed by atoms with Crippen LogP contribution in [0.1, 0.15) is 31.7 Å². The number of oxime groups is 1. The molecule has 5 heteroatoms. The van der Waals surface area contributed by atoms with Crippen LogP contribution in [0.15, 0.2) is 27.8 Å². The number of nitrogens with zero attached hydrogens (tertiary/aromatic N) is 2. The summed E-state index contributed by atoms with van der Waals surface area (Å²) in [6.07, 6.45) is 3.69. The van der Waals surface area contributed by atoms with Gasteiger partial charge in [0, 0.05) is 28.8 Å². The van der Waals surface area contributed by atoms with Gasteiger partial charge < -0.3 is 15.8 Å². The van der Waals surface area contributed by atoms with Gasteiger partial charge in [0.15, 0.2) is 5.84 Å². The van der Waals surface area contributed by atoms with Crippen molar-refractivity contribution in [1.29, 1.82) is 0 Å². The molecule has 1 saturated heterocycles. The Bertz CT molecular complexity index is 476. The first kappa shape index (κ1) is 14.2. The Balaban J connectivity index is 2.33. The molecule has 0 radical (unpaired) electrons. The Morgan fingerprint density at radius 1 is 1.58 bits per heavy atom. The second kappa shape index (κ2) is 6.28. The van der Waals surface area contributed by atoms with Crippen LogP contribution < -0.4 is 10.6 Å². The van der Waals surface area contributed by atoms with Crippen LogP contribution in [0.5, 0.6) is 0 Å². The van der Waals surface area contributed by atoms with E-state index in [0.717, 1.165) is 34.7 Å². The van der Waals surface area contributed by atoms with E-state index < -0.39 is 0 Å². The Labute approximate surface area is 122 Å². The Kier molecular flexibility index (Phi) is 4.69. The summed E-state index contributed by atoms with van der Waals surface area (Å²) in [7, 11) is 0. The fourth-order valence-corrected chi connectivity index (χ4v) is 3.02. The van der Waals surface area contributed by atoms with Gasteiger partial charge in [-0.1, -0.05) is 34.4 Å². The van der Waals surface area contributed by atoms with Crippen LogP contribution in [-0.4, -0.2) is 24.1 Å². The molecule has 1 aromatic rings. The standard InChI is InChI=1S/C14H20BrN3O/c1-2-10-4-3-7-18(9-10)13-6-5-11(15)8-12(13)14(16)17-19/h5-6,8,10,19H,2-4,7,9H2,1H3,(H2,16,17). The summed E-state index contributed by atoms with van der Waals surface area (Å²) >= 11 is 3.43. The van der Waals surface area contributed by atoms with E-state index in [9.17, 15) is 0 Å². The highest BCUT2D eigenvalue weighted by atomic mass is 79.9. The minimum atomic E-state index is 0.162. The van der Waals surface area contributed by atoms with Crippen LogP contribution in [0.25, 0.3) is 0 Å². The van der Waals surface area contributed by atoms with Gasteiger partial charge in [-0.2, -0.15) is 0 Å². The molecule has 1 unspecified atom stereocenters. The van der Waals surface area contributed by atoms with E-state index in [4.69, 9.17) is 10.9 Å². The summed E-state index contributed by atoms with van der Waals surface area (Å²) in [6.45, 7) is 4.31. The van der Waals surface area contributed by atoms with E-state index in [0.29, 0.717) is 0 Å². The van der Waals surface area contributed by atoms with Crippen molar-refractivity contribution in [2.45, 2.75) is 26.2 Å². The number of rotatable bonds is 3. The topological polar surface area (TPSA) is 61.8 Å². The molecule has 19 heavy (non-hydrogen) atoms. The van der Waals surface area contributed by atoms with E-state index >= 15 is 0 Å². The number of benzene rings is 1. The quantitative estimate of drug-likeness (QED) is 0.388. The predicted octanol–water partition coefficient (Wildman–Crippen LogP) is 3.17. The van der Waals surface area contributed by atoms with Crippen molar-refractivity contribution >= 4 is 27.5 Å². The smallest absolute Gasteiger partial charge is 0.172 e. The molecule has 1 aromatic carbocycles. The first-order chi connectivity index (χ1) is 9.15. The van der Waals surface area contributed by atoms with Crippen molar-refractivity contribution in [3.63, 3.8) is 0 Å². The number of hydrogen-bond acceptors (Lipinski definition) is 3. The van der Waals surface area contributed by atoms with E-state index in [2.05, 4.69) is 32.9 Å². The van der Waals surface area contributed by atoms with E-state index in [-0.39, 0.29) is 5.84 Å². The molecule has 1 fully saturated rings. The second-order valence-corrected chi connectivity index (χ2v) is 5.92. The number of nitrogens with two attached hydrogens (primary N) is 1. The summed E-state index contributed by atoms with van der Waals surface area (Å²) in [5, 5.41) is 12.1. The Hall–Kier alpha value is -1.23. The fourth-order valence-electron chi connectivity index (χ4n) is 2.66. The maximum Gasteiger partial charge on any atom is 0.172 e. The second-order valence-electron chi connectivity index (χ2n) is 5.01. The molecule has 3 N–H and O–H groups in total. The molecular formula is C14H20BrN3O. The Morgan fingerprint density at radius 2 is 2.37 bits per heavy atom. The number of halogens is 1. The highest BCUT2D eigenvalue weighted by Crippen LogP contribution is 2.29. The van der Waals surface area contributed by atoms with Crippen LogP contribution in [0.3, 0.4) is 0 Å². The average Bonchev–Trinajstić information content (AvgIpc) is 2.46. The number of hydrogen-bond donors (Lipinski definition) is 2. The molecule has 2 rings (SSSR count). The van der Waals surface area contributed by atoms with Crippen LogP contribution in [0.2, 0.25) is 0 Å². The van der Waals surface area contributed by atoms with Crippen molar-refractivity contribution in [2.24, 2.45) is 16.8 Å². The third-order valence-electron chi connectivity index (χ3n) is 3.78. The van der Waals surface area contributed by atoms with Gasteiger partial charge in [0.25, 0.3) is 0 Å². The van der Waals surface area contributed by atoms with E-state index in [1.165, 1.54) is 19.3 Å². The van der Waals surface area contributed by atoms with Crippen LogP contribution in [0, 0.1) is 5.92 Å². The van der Waals surface area contributed by atoms with Gasteiger partial charge in [-0.3, -0.25) is 0 Å². The molecule has 0 saturated carbocycles. The summed E-state index contributed by atoms with van der Waals surface area (Å²) in [4.78, 5) is 2.34. The summed E-state index contributed by atoms with van der Waals surface area (Å²) < 4.78 is 0.932. The third-order valence-corrected chi connectivity index (χ3v) is 4.27. The zero-order chi connectivity index (χ0) is 13.8. The lowest BCUT2D eigenvalue weighted by atomic mass is 9.94. The van der Waals surface area contributed by atoms with E-state index in [1.807, 2.05) is 18.2 Å². The van der Waals surface area contributed by atoms with Gasteiger partial charge in [0.1, 0.15) is 0 Å². The minimum absolute atomic E-state index is 0.162. The molecule has 1 atom stereocenters. The van der Waals surface area contributed by atoms with Gasteiger partial charge in [-0.05, 0) is 37.0 Å². The molecule has 1 heterocycles. The van der Waals surface area contributed by atoms with Crippen molar-refractivity contribution < 1.29 is 5.21 Å². The molecule has 0 spiro atoms. The Morgan fingerprint density at radius 3 is 3.05 bits per heavy atom. The molecule has 1 aliphatic heterocycles. The molecule has 0 amide bonds. The summed E-state index contributed by atoms with van der Waals surface area (Å²) in [5.41, 5.74) is 7.63. The monoisotopic (exact) mass is 325 g/mol. The summed E-state index contributed by atoms with van der Waals surface area (Å²) in [6, 6.07) is 5.94. The lowest BCUT2D eigenvalue weighted by Crippen LogP contribution is -2.36. The molecule has 104 valence electrons. The van der Waals surface area contributed by atoms with Crippen molar-refractivity contribution in [3.8, 4) is 0 Å². The van der Waals surface area contributed by atoms with Crippen LogP contribution in [0.4, 0.5) is 5.69 Å². The fraction of sp³-hybridized carbons (Fsp3) is 0.500. The zero-order valence-electron chi connectivity index (χ0n) is 11.1. The maximum atomic E-state index is 8.93. The number of amidine groups is 1. The van der Waals surface area contributed by atoms with Gasteiger partial charge in [0.05, 0.1) is 0 Å². The normalized spacial score (nSPS) is 20.6. The molecule has 0 bridgehead atoms. The first-order valence-corrected chi connectivity index (χ1v) is 7.47. The van der Waals surface area contributed by atoms with Crippen LogP contribution in [-0.2, 0) is 0 Å². The average molecular weight is 326 g/mol. The SMILES string of the molecule is CCC1CCCN(c2ccc(Br)cc2/C(N)=N/O)C1. The molecule has 0 aromatic heterocycles. The van der Waals surface area contributed by atoms with Crippen molar-refractivity contribution in [2.75, 3.05) is 18.0 Å². The minimum Gasteiger partial charge on any atom is -0.409 e. The number of piperidine rings is 1. The number of anilines is 1. The van der Waals surface area contributed by atoms with Crippen LogP contribution >= 0.6 is 15.9 Å². The lowest BCUT2D eigenvalue weighted by molar-refractivity contribution is 0.318. The van der Waals surface area contributed by atoms with Gasteiger partial charge >= 0.3 is 0 Å². The molecular weight excluding hydrogens is 306 g/mol. The van der Waals surface area contributed by atoms with Gasteiger partial charge in [-0.15, -0.1) is 0 Å². The highest BCUT2D eigenvalue weighted by molar-refractivity contribution is 9.10. The molecule has 0 aliphatic carbocycles.